The molecular formula is C12H16O3S2. The summed E-state index contributed by atoms with van der Waals surface area (Å²) < 4.78 is 6.12. The lowest BCUT2D eigenvalue weighted by molar-refractivity contribution is 0.0530. The van der Waals surface area contributed by atoms with Crippen LogP contribution in [0.15, 0.2) is 4.21 Å². The summed E-state index contributed by atoms with van der Waals surface area (Å²) >= 11 is 3.05. The van der Waals surface area contributed by atoms with Crippen LogP contribution in [0.1, 0.15) is 46.7 Å². The van der Waals surface area contributed by atoms with Crippen LogP contribution in [-0.4, -0.2) is 23.9 Å². The van der Waals surface area contributed by atoms with E-state index in [9.17, 15) is 9.90 Å². The summed E-state index contributed by atoms with van der Waals surface area (Å²) in [7, 11) is 0. The fraction of sp³-hybridized carbons (Fsp3) is 0.583. The van der Waals surface area contributed by atoms with Crippen molar-refractivity contribution in [2.45, 2.75) is 36.5 Å². The van der Waals surface area contributed by atoms with Crippen LogP contribution in [0.4, 0.5) is 0 Å². The number of carbonyl (C=O) groups is 1. The first-order valence-corrected chi connectivity index (χ1v) is 7.77. The van der Waals surface area contributed by atoms with Crippen LogP contribution in [0.2, 0.25) is 0 Å². The Labute approximate surface area is 109 Å². The van der Waals surface area contributed by atoms with Crippen molar-refractivity contribution >= 4 is 29.1 Å². The number of hydrogen-bond donors (Lipinski definition) is 1. The van der Waals surface area contributed by atoms with Crippen molar-refractivity contribution in [3.8, 4) is 0 Å². The summed E-state index contributed by atoms with van der Waals surface area (Å²) in [6.45, 7) is 2.20. The van der Waals surface area contributed by atoms with Crippen LogP contribution in [-0.2, 0) is 11.2 Å². The number of ether oxygens (including phenoxy) is 1. The Bertz CT molecular complexity index is 426. The molecule has 0 amide bonds. The Balaban J connectivity index is 2.44. The molecule has 0 unspecified atom stereocenters. The Morgan fingerprint density at radius 2 is 2.41 bits per heavy atom. The number of aliphatic hydroxyl groups is 1. The molecule has 3 nitrogen and oxygen atoms in total. The predicted molar refractivity (Wildman–Crippen MR) is 70.0 cm³/mol. The number of hydrogen-bond acceptors (Lipinski definition) is 5. The monoisotopic (exact) mass is 272 g/mol. The Kier molecular flexibility index (Phi) is 4.12. The lowest BCUT2D eigenvalue weighted by Gasteiger charge is -2.19. The third-order valence-electron chi connectivity index (χ3n) is 2.90. The van der Waals surface area contributed by atoms with Gasteiger partial charge in [0.15, 0.2) is 0 Å². The topological polar surface area (TPSA) is 46.5 Å². The summed E-state index contributed by atoms with van der Waals surface area (Å²) in [4.78, 5) is 12.5. The van der Waals surface area contributed by atoms with E-state index in [-0.39, 0.29) is 5.97 Å². The molecule has 0 bridgehead atoms. The van der Waals surface area contributed by atoms with E-state index in [1.54, 1.807) is 11.8 Å². The van der Waals surface area contributed by atoms with Crippen LogP contribution in [0.5, 0.6) is 0 Å². The summed E-state index contributed by atoms with van der Waals surface area (Å²) in [5.41, 5.74) is 1.98. The average Bonchev–Trinajstić information content (AvgIpc) is 2.69. The highest BCUT2D eigenvalue weighted by Crippen LogP contribution is 2.43. The Morgan fingerprint density at radius 1 is 1.65 bits per heavy atom. The molecule has 17 heavy (non-hydrogen) atoms. The molecule has 0 saturated heterocycles. The molecular weight excluding hydrogens is 256 g/mol. The molecule has 1 aliphatic carbocycles. The van der Waals surface area contributed by atoms with E-state index in [1.807, 2.05) is 13.2 Å². The fourth-order valence-electron chi connectivity index (χ4n) is 2.17. The molecule has 1 atom stereocenters. The van der Waals surface area contributed by atoms with E-state index in [0.717, 1.165) is 34.6 Å². The predicted octanol–water partition coefficient (Wildman–Crippen LogP) is 3.02. The Hall–Kier alpha value is -0.520. The van der Waals surface area contributed by atoms with Gasteiger partial charge in [0.05, 0.1) is 16.9 Å². The maximum Gasteiger partial charge on any atom is 0.348 e. The average molecular weight is 272 g/mol. The van der Waals surface area contributed by atoms with E-state index in [1.165, 1.54) is 11.3 Å². The molecule has 0 spiro atoms. The smallest absolute Gasteiger partial charge is 0.348 e. The van der Waals surface area contributed by atoms with Gasteiger partial charge in [0, 0.05) is 5.56 Å². The van der Waals surface area contributed by atoms with Crippen LogP contribution < -0.4 is 0 Å². The minimum Gasteiger partial charge on any atom is -0.462 e. The molecule has 2 rings (SSSR count). The van der Waals surface area contributed by atoms with Gasteiger partial charge in [-0.05, 0) is 38.0 Å². The second-order valence-corrected chi connectivity index (χ2v) is 6.04. The van der Waals surface area contributed by atoms with Crippen molar-refractivity contribution in [1.82, 2.24) is 0 Å². The van der Waals surface area contributed by atoms with Crippen molar-refractivity contribution in [3.63, 3.8) is 0 Å². The Morgan fingerprint density at radius 3 is 3.06 bits per heavy atom. The highest BCUT2D eigenvalue weighted by Gasteiger charge is 2.29. The minimum atomic E-state index is -0.416. The number of esters is 1. The number of thioether (sulfide) groups is 1. The van der Waals surface area contributed by atoms with Gasteiger partial charge in [-0.1, -0.05) is 0 Å². The molecule has 5 heteroatoms. The van der Waals surface area contributed by atoms with Crippen molar-refractivity contribution < 1.29 is 14.6 Å². The van der Waals surface area contributed by atoms with Gasteiger partial charge < -0.3 is 9.84 Å². The van der Waals surface area contributed by atoms with E-state index >= 15 is 0 Å². The molecule has 0 aromatic carbocycles. The summed E-state index contributed by atoms with van der Waals surface area (Å²) in [6, 6.07) is 0. The van der Waals surface area contributed by atoms with Gasteiger partial charge in [0.2, 0.25) is 0 Å². The highest BCUT2D eigenvalue weighted by atomic mass is 32.2. The number of thiophene rings is 1. The van der Waals surface area contributed by atoms with Crippen LogP contribution in [0.25, 0.3) is 0 Å². The molecule has 0 fully saturated rings. The maximum atomic E-state index is 11.8. The van der Waals surface area contributed by atoms with Gasteiger partial charge in [-0.15, -0.1) is 23.1 Å². The molecule has 1 N–H and O–H groups in total. The van der Waals surface area contributed by atoms with E-state index in [0.29, 0.717) is 11.5 Å². The number of rotatable bonds is 3. The van der Waals surface area contributed by atoms with Gasteiger partial charge in [-0.25, -0.2) is 4.79 Å². The summed E-state index contributed by atoms with van der Waals surface area (Å²) in [6.07, 6.45) is 4.16. The highest BCUT2D eigenvalue weighted by molar-refractivity contribution is 8.00. The van der Waals surface area contributed by atoms with E-state index in [4.69, 9.17) is 4.74 Å². The normalized spacial score (nSPS) is 18.9. The van der Waals surface area contributed by atoms with Crippen molar-refractivity contribution in [1.29, 1.82) is 0 Å². The zero-order valence-electron chi connectivity index (χ0n) is 9.99. The zero-order chi connectivity index (χ0) is 12.4. The molecule has 0 saturated carbocycles. The van der Waals surface area contributed by atoms with Crippen LogP contribution in [0.3, 0.4) is 0 Å². The zero-order valence-corrected chi connectivity index (χ0v) is 11.6. The first-order valence-electron chi connectivity index (χ1n) is 5.73. The third-order valence-corrected chi connectivity index (χ3v) is 5.26. The molecule has 1 heterocycles. The number of aliphatic hydroxyl groups excluding tert-OH is 1. The molecule has 1 aromatic rings. The standard InChI is InChI=1S/C12H16O3S2/c1-3-15-11(14)10-7-5-4-6-8(13)9(7)12(16-2)17-10/h8,13H,3-6H2,1-2H3/t8-/m0/s1. The van der Waals surface area contributed by atoms with Crippen molar-refractivity contribution in [2.24, 2.45) is 0 Å². The van der Waals surface area contributed by atoms with Gasteiger partial charge in [-0.2, -0.15) is 0 Å². The fourth-order valence-corrected chi connectivity index (χ4v) is 4.26. The summed E-state index contributed by atoms with van der Waals surface area (Å²) in [5, 5.41) is 10.0. The minimum absolute atomic E-state index is 0.247. The lowest BCUT2D eigenvalue weighted by atomic mass is 9.91. The lowest BCUT2D eigenvalue weighted by Crippen LogP contribution is -2.12. The molecule has 1 aromatic heterocycles. The third kappa shape index (κ3) is 2.37. The maximum absolute atomic E-state index is 11.8. The first kappa shape index (κ1) is 12.9. The van der Waals surface area contributed by atoms with Crippen molar-refractivity contribution in [2.75, 3.05) is 12.9 Å². The number of carbonyl (C=O) groups excluding carboxylic acids is 1. The van der Waals surface area contributed by atoms with Crippen molar-refractivity contribution in [3.05, 3.63) is 16.0 Å². The van der Waals surface area contributed by atoms with E-state index in [2.05, 4.69) is 0 Å². The molecule has 0 radical (unpaired) electrons. The quantitative estimate of drug-likeness (QED) is 0.678. The van der Waals surface area contributed by atoms with E-state index < -0.39 is 6.10 Å². The van der Waals surface area contributed by atoms with Gasteiger partial charge in [0.1, 0.15) is 4.88 Å². The van der Waals surface area contributed by atoms with Gasteiger partial charge in [-0.3, -0.25) is 0 Å². The summed E-state index contributed by atoms with van der Waals surface area (Å²) in [5.74, 6) is -0.247. The largest absolute Gasteiger partial charge is 0.462 e. The molecule has 94 valence electrons. The second-order valence-electron chi connectivity index (χ2n) is 3.94. The second kappa shape index (κ2) is 5.42. The molecule has 0 aliphatic heterocycles. The SMILES string of the molecule is CCOC(=O)c1sc(SC)c2c1CCC[C@@H]2O. The molecule has 1 aliphatic rings. The first-order chi connectivity index (χ1) is 8.19. The van der Waals surface area contributed by atoms with Crippen LogP contribution in [0, 0.1) is 0 Å². The number of fused-ring (bicyclic) bond motifs is 1. The van der Waals surface area contributed by atoms with Gasteiger partial charge in [0.25, 0.3) is 0 Å². The van der Waals surface area contributed by atoms with Crippen LogP contribution >= 0.6 is 23.1 Å². The van der Waals surface area contributed by atoms with Gasteiger partial charge >= 0.3 is 5.97 Å².